The summed E-state index contributed by atoms with van der Waals surface area (Å²) < 4.78 is 1.89. The van der Waals surface area contributed by atoms with E-state index in [0.29, 0.717) is 12.5 Å². The van der Waals surface area contributed by atoms with Crippen molar-refractivity contribution < 1.29 is 4.79 Å². The third-order valence-electron chi connectivity index (χ3n) is 3.47. The van der Waals surface area contributed by atoms with Crippen molar-refractivity contribution in [3.63, 3.8) is 0 Å². The van der Waals surface area contributed by atoms with E-state index in [4.69, 9.17) is 0 Å². The first-order valence-electron chi connectivity index (χ1n) is 8.58. The third-order valence-corrected chi connectivity index (χ3v) is 3.47. The molecule has 0 fully saturated rings. The van der Waals surface area contributed by atoms with Crippen molar-refractivity contribution in [1.82, 2.24) is 25.7 Å². The van der Waals surface area contributed by atoms with Gasteiger partial charge in [-0.1, -0.05) is 30.3 Å². The Kier molecular flexibility index (Phi) is 8.03. The minimum atomic E-state index is -0.0994. The van der Waals surface area contributed by atoms with Crippen LogP contribution in [-0.4, -0.2) is 41.3 Å². The lowest BCUT2D eigenvalue weighted by atomic mass is 10.2. The predicted molar refractivity (Wildman–Crippen MR) is 99.1 cm³/mol. The zero-order chi connectivity index (χ0) is 17.7. The number of aliphatic imine (C=N–C) groups is 1. The Hall–Kier alpha value is -2.83. The second-order valence-electron chi connectivity index (χ2n) is 5.51. The van der Waals surface area contributed by atoms with Crippen molar-refractivity contribution in [2.24, 2.45) is 4.99 Å². The van der Waals surface area contributed by atoms with E-state index < -0.39 is 0 Å². The van der Waals surface area contributed by atoms with Gasteiger partial charge in [-0.3, -0.25) is 9.48 Å². The fourth-order valence-electron chi connectivity index (χ4n) is 2.23. The van der Waals surface area contributed by atoms with Gasteiger partial charge in [0, 0.05) is 38.6 Å². The molecule has 0 aliphatic carbocycles. The normalized spacial score (nSPS) is 11.2. The van der Waals surface area contributed by atoms with Crippen molar-refractivity contribution in [1.29, 1.82) is 0 Å². The molecule has 0 bridgehead atoms. The maximum atomic E-state index is 11.9. The van der Waals surface area contributed by atoms with Crippen LogP contribution in [0, 0.1) is 0 Å². The molecule has 0 radical (unpaired) electrons. The van der Waals surface area contributed by atoms with Crippen molar-refractivity contribution in [3.05, 3.63) is 54.4 Å². The van der Waals surface area contributed by atoms with Gasteiger partial charge in [0.1, 0.15) is 6.54 Å². The van der Waals surface area contributed by atoms with E-state index in [9.17, 15) is 4.79 Å². The molecule has 3 N–H and O–H groups in total. The number of aryl methyl sites for hydroxylation is 1. The summed E-state index contributed by atoms with van der Waals surface area (Å²) in [6.07, 6.45) is 4.63. The van der Waals surface area contributed by atoms with Crippen LogP contribution in [0.25, 0.3) is 0 Å². The fraction of sp³-hybridized carbons (Fsp3) is 0.389. The molecule has 0 unspecified atom stereocenters. The van der Waals surface area contributed by atoms with Gasteiger partial charge >= 0.3 is 0 Å². The van der Waals surface area contributed by atoms with Crippen LogP contribution in [0.5, 0.6) is 0 Å². The maximum absolute atomic E-state index is 11.9. The molecule has 0 aliphatic rings. The summed E-state index contributed by atoms with van der Waals surface area (Å²) in [4.78, 5) is 16.2. The van der Waals surface area contributed by atoms with E-state index in [1.54, 1.807) is 6.20 Å². The summed E-state index contributed by atoms with van der Waals surface area (Å²) in [5, 5.41) is 13.4. The molecule has 1 aromatic heterocycles. The first-order valence-corrected chi connectivity index (χ1v) is 8.58. The van der Waals surface area contributed by atoms with Crippen LogP contribution < -0.4 is 16.0 Å². The Balaban J connectivity index is 1.69. The molecular weight excluding hydrogens is 316 g/mol. The first kappa shape index (κ1) is 18.5. The van der Waals surface area contributed by atoms with Crippen LogP contribution in [0.1, 0.15) is 18.9 Å². The van der Waals surface area contributed by atoms with E-state index in [0.717, 1.165) is 31.6 Å². The Morgan fingerprint density at radius 2 is 2.00 bits per heavy atom. The van der Waals surface area contributed by atoms with Crippen LogP contribution in [0.3, 0.4) is 0 Å². The van der Waals surface area contributed by atoms with E-state index in [2.05, 4.69) is 26.0 Å². The average molecular weight is 342 g/mol. The lowest BCUT2D eigenvalue weighted by molar-refractivity contribution is -0.119. The van der Waals surface area contributed by atoms with Crippen molar-refractivity contribution in [2.75, 3.05) is 19.6 Å². The molecule has 0 saturated heterocycles. The molecule has 134 valence electrons. The number of carbonyl (C=O) groups is 1. The van der Waals surface area contributed by atoms with Crippen molar-refractivity contribution in [2.45, 2.75) is 26.4 Å². The highest BCUT2D eigenvalue weighted by Crippen LogP contribution is 1.96. The molecule has 0 atom stereocenters. The summed E-state index contributed by atoms with van der Waals surface area (Å²) in [7, 11) is 0. The SMILES string of the molecule is CCNC(=NCC(=O)NCc1ccccc1)NCCCn1cccn1. The maximum Gasteiger partial charge on any atom is 0.242 e. The van der Waals surface area contributed by atoms with Crippen LogP contribution in [0.2, 0.25) is 0 Å². The Morgan fingerprint density at radius 1 is 1.16 bits per heavy atom. The summed E-state index contributed by atoms with van der Waals surface area (Å²) in [5.41, 5.74) is 1.07. The highest BCUT2D eigenvalue weighted by atomic mass is 16.1. The predicted octanol–water partition coefficient (Wildman–Crippen LogP) is 1.14. The van der Waals surface area contributed by atoms with Crippen LogP contribution in [0.15, 0.2) is 53.8 Å². The number of benzene rings is 1. The fourth-order valence-corrected chi connectivity index (χ4v) is 2.23. The third kappa shape index (κ3) is 7.52. The molecule has 0 saturated carbocycles. The van der Waals surface area contributed by atoms with Gasteiger partial charge in [-0.05, 0) is 25.0 Å². The van der Waals surface area contributed by atoms with E-state index in [-0.39, 0.29) is 12.5 Å². The molecule has 2 aromatic rings. The molecule has 1 heterocycles. The lowest BCUT2D eigenvalue weighted by Crippen LogP contribution is -2.39. The molecule has 25 heavy (non-hydrogen) atoms. The Morgan fingerprint density at radius 3 is 2.72 bits per heavy atom. The monoisotopic (exact) mass is 342 g/mol. The molecule has 0 spiro atoms. The van der Waals surface area contributed by atoms with E-state index in [1.165, 1.54) is 0 Å². The zero-order valence-corrected chi connectivity index (χ0v) is 14.6. The number of hydrogen-bond donors (Lipinski definition) is 3. The van der Waals surface area contributed by atoms with Crippen molar-refractivity contribution >= 4 is 11.9 Å². The highest BCUT2D eigenvalue weighted by Gasteiger charge is 2.02. The van der Waals surface area contributed by atoms with Gasteiger partial charge < -0.3 is 16.0 Å². The molecule has 7 nitrogen and oxygen atoms in total. The molecule has 0 aliphatic heterocycles. The second-order valence-corrected chi connectivity index (χ2v) is 5.51. The number of aromatic nitrogens is 2. The number of nitrogens with zero attached hydrogens (tertiary/aromatic N) is 3. The Bertz CT molecular complexity index is 639. The molecule has 1 aromatic carbocycles. The topological polar surface area (TPSA) is 83.3 Å². The number of rotatable bonds is 9. The number of carbonyl (C=O) groups excluding carboxylic acids is 1. The standard InChI is InChI=1S/C18H26N6O/c1-2-19-18(20-10-6-12-24-13-7-11-23-24)22-15-17(25)21-14-16-8-4-3-5-9-16/h3-5,7-9,11,13H,2,6,10,12,14-15H2,1H3,(H,21,25)(H2,19,20,22). The van der Waals surface area contributed by atoms with Gasteiger partial charge in [-0.15, -0.1) is 0 Å². The smallest absolute Gasteiger partial charge is 0.242 e. The molecule has 7 heteroatoms. The quantitative estimate of drug-likeness (QED) is 0.363. The number of amides is 1. The van der Waals surface area contributed by atoms with Gasteiger partial charge in [0.25, 0.3) is 0 Å². The van der Waals surface area contributed by atoms with Gasteiger partial charge in [0.05, 0.1) is 0 Å². The number of nitrogens with one attached hydrogen (secondary N) is 3. The summed E-state index contributed by atoms with van der Waals surface area (Å²) in [5.74, 6) is 0.551. The molecule has 1 amide bonds. The summed E-state index contributed by atoms with van der Waals surface area (Å²) >= 11 is 0. The Labute approximate surface area is 148 Å². The van der Waals surface area contributed by atoms with Crippen LogP contribution in [0.4, 0.5) is 0 Å². The number of hydrogen-bond acceptors (Lipinski definition) is 3. The lowest BCUT2D eigenvalue weighted by Gasteiger charge is -2.11. The molecule has 2 rings (SSSR count). The highest BCUT2D eigenvalue weighted by molar-refractivity contribution is 5.84. The van der Waals surface area contributed by atoms with Gasteiger partial charge in [0.2, 0.25) is 5.91 Å². The average Bonchev–Trinajstić information content (AvgIpc) is 3.15. The van der Waals surface area contributed by atoms with Gasteiger partial charge in [-0.25, -0.2) is 4.99 Å². The minimum Gasteiger partial charge on any atom is -0.357 e. The first-order chi connectivity index (χ1) is 12.3. The second kappa shape index (κ2) is 10.9. The van der Waals surface area contributed by atoms with E-state index >= 15 is 0 Å². The minimum absolute atomic E-state index is 0.0985. The zero-order valence-electron chi connectivity index (χ0n) is 14.6. The molecular formula is C18H26N6O. The largest absolute Gasteiger partial charge is 0.357 e. The van der Waals surface area contributed by atoms with Crippen LogP contribution >= 0.6 is 0 Å². The van der Waals surface area contributed by atoms with Crippen molar-refractivity contribution in [3.8, 4) is 0 Å². The number of guanidine groups is 1. The summed E-state index contributed by atoms with van der Waals surface area (Å²) in [6, 6.07) is 11.7. The van der Waals surface area contributed by atoms with Gasteiger partial charge in [-0.2, -0.15) is 5.10 Å². The van der Waals surface area contributed by atoms with Crippen LogP contribution in [-0.2, 0) is 17.9 Å². The van der Waals surface area contributed by atoms with E-state index in [1.807, 2.05) is 54.2 Å². The summed E-state index contributed by atoms with van der Waals surface area (Å²) in [6.45, 7) is 4.96. The van der Waals surface area contributed by atoms with Gasteiger partial charge in [0.15, 0.2) is 5.96 Å².